The Kier molecular flexibility index (Phi) is 6.49. The Bertz CT molecular complexity index is 1210. The van der Waals surface area contributed by atoms with Gasteiger partial charge in [-0.05, 0) is 81.5 Å². The van der Waals surface area contributed by atoms with E-state index in [2.05, 4.69) is 0 Å². The van der Waals surface area contributed by atoms with Gasteiger partial charge >= 0.3 is 11.9 Å². The zero-order chi connectivity index (χ0) is 23.9. The van der Waals surface area contributed by atoms with E-state index in [1.54, 1.807) is 13.0 Å². The highest BCUT2D eigenvalue weighted by molar-refractivity contribution is 8.18. The molecule has 1 saturated heterocycles. The van der Waals surface area contributed by atoms with E-state index in [0.717, 1.165) is 69.7 Å². The second kappa shape index (κ2) is 9.18. The van der Waals surface area contributed by atoms with Gasteiger partial charge in [-0.3, -0.25) is 19.3 Å². The predicted octanol–water partition coefficient (Wildman–Crippen LogP) is 4.33. The van der Waals surface area contributed by atoms with Crippen molar-refractivity contribution in [2.24, 2.45) is 0 Å². The Morgan fingerprint density at radius 3 is 2.64 bits per heavy atom. The molecule has 174 valence electrons. The number of amides is 2. The number of fused-ring (bicyclic) bond motifs is 1. The molecule has 1 aliphatic carbocycles. The van der Waals surface area contributed by atoms with E-state index in [-0.39, 0.29) is 11.5 Å². The summed E-state index contributed by atoms with van der Waals surface area (Å²) in [6.07, 6.45) is 5.33. The number of carboxylic acid groups (broad SMARTS) is 1. The zero-order valence-electron chi connectivity index (χ0n) is 18.6. The molecule has 0 bridgehead atoms. The fourth-order valence-electron chi connectivity index (χ4n) is 4.29. The summed E-state index contributed by atoms with van der Waals surface area (Å²) in [6, 6.07) is 1.87. The van der Waals surface area contributed by atoms with Crippen molar-refractivity contribution in [1.82, 2.24) is 9.47 Å². The van der Waals surface area contributed by atoms with Gasteiger partial charge in [-0.15, -0.1) is 11.3 Å². The van der Waals surface area contributed by atoms with Crippen LogP contribution in [-0.2, 0) is 27.2 Å². The minimum atomic E-state index is -0.932. The standard InChI is InChI=1S/C23H24N2O6S2/c1-4-31-18(26)11-24-20(27)17(33-23(24)30)10-14-9-12(2)25(13(14)3)21-19(22(28)29)15-7-5-6-8-16(15)32-21/h9-10H,4-8,11H2,1-3H3,(H,28,29). The maximum absolute atomic E-state index is 12.7. The summed E-state index contributed by atoms with van der Waals surface area (Å²) in [6.45, 7) is 5.16. The molecule has 3 heterocycles. The Labute approximate surface area is 199 Å². The number of aromatic carboxylic acids is 1. The number of thioether (sulfide) groups is 1. The largest absolute Gasteiger partial charge is 0.478 e. The lowest BCUT2D eigenvalue weighted by atomic mass is 9.95. The summed E-state index contributed by atoms with van der Waals surface area (Å²) >= 11 is 2.29. The van der Waals surface area contributed by atoms with Crippen LogP contribution in [0.3, 0.4) is 0 Å². The topological polar surface area (TPSA) is 106 Å². The molecule has 0 aromatic carbocycles. The third kappa shape index (κ3) is 4.24. The molecule has 0 atom stereocenters. The van der Waals surface area contributed by atoms with Crippen LogP contribution < -0.4 is 0 Å². The lowest BCUT2D eigenvalue weighted by Crippen LogP contribution is -2.34. The van der Waals surface area contributed by atoms with Crippen molar-refractivity contribution in [3.63, 3.8) is 0 Å². The average Bonchev–Trinajstić information content (AvgIpc) is 3.35. The molecule has 8 nitrogen and oxygen atoms in total. The van der Waals surface area contributed by atoms with Crippen LogP contribution in [0, 0.1) is 13.8 Å². The zero-order valence-corrected chi connectivity index (χ0v) is 20.2. The second-order valence-corrected chi connectivity index (χ2v) is 10.0. The first kappa shape index (κ1) is 23.3. The van der Waals surface area contributed by atoms with E-state index in [4.69, 9.17) is 4.74 Å². The van der Waals surface area contributed by atoms with E-state index < -0.39 is 29.6 Å². The van der Waals surface area contributed by atoms with Gasteiger partial charge in [0.05, 0.1) is 17.1 Å². The first-order valence-corrected chi connectivity index (χ1v) is 12.3. The van der Waals surface area contributed by atoms with Gasteiger partial charge in [0.1, 0.15) is 11.5 Å². The molecule has 10 heteroatoms. The summed E-state index contributed by atoms with van der Waals surface area (Å²) in [7, 11) is 0. The smallest absolute Gasteiger partial charge is 0.339 e. The molecule has 1 N–H and O–H groups in total. The molecule has 0 unspecified atom stereocenters. The molecule has 0 spiro atoms. The fourth-order valence-corrected chi connectivity index (χ4v) is 6.61. The van der Waals surface area contributed by atoms with E-state index in [1.807, 2.05) is 24.5 Å². The lowest BCUT2D eigenvalue weighted by molar-refractivity contribution is -0.145. The number of carbonyl (C=O) groups excluding carboxylic acids is 3. The van der Waals surface area contributed by atoms with Crippen molar-refractivity contribution in [2.75, 3.05) is 13.2 Å². The third-order valence-corrected chi connectivity index (χ3v) is 7.98. The quantitative estimate of drug-likeness (QED) is 0.476. The molecule has 2 aromatic heterocycles. The molecule has 0 radical (unpaired) electrons. The maximum atomic E-state index is 12.7. The second-order valence-electron chi connectivity index (χ2n) is 7.93. The highest BCUT2D eigenvalue weighted by Crippen LogP contribution is 2.39. The van der Waals surface area contributed by atoms with Gasteiger partial charge in [0.2, 0.25) is 0 Å². The van der Waals surface area contributed by atoms with Gasteiger partial charge in [-0.1, -0.05) is 0 Å². The van der Waals surface area contributed by atoms with Crippen LogP contribution in [0.15, 0.2) is 11.0 Å². The summed E-state index contributed by atoms with van der Waals surface area (Å²) in [5.74, 6) is -2.11. The van der Waals surface area contributed by atoms with E-state index >= 15 is 0 Å². The molecule has 4 rings (SSSR count). The Morgan fingerprint density at radius 2 is 1.94 bits per heavy atom. The van der Waals surface area contributed by atoms with E-state index in [0.29, 0.717) is 10.6 Å². The van der Waals surface area contributed by atoms with Crippen LogP contribution in [0.25, 0.3) is 11.1 Å². The molecular weight excluding hydrogens is 464 g/mol. The van der Waals surface area contributed by atoms with Crippen molar-refractivity contribution in [2.45, 2.75) is 46.5 Å². The minimum absolute atomic E-state index is 0.168. The molecular formula is C23H24N2O6S2. The summed E-state index contributed by atoms with van der Waals surface area (Å²) < 4.78 is 6.76. The molecule has 2 amide bonds. The lowest BCUT2D eigenvalue weighted by Gasteiger charge is -2.11. The minimum Gasteiger partial charge on any atom is -0.478 e. The van der Waals surface area contributed by atoms with Crippen molar-refractivity contribution in [1.29, 1.82) is 0 Å². The Morgan fingerprint density at radius 1 is 1.21 bits per heavy atom. The highest BCUT2D eigenvalue weighted by Gasteiger charge is 2.37. The van der Waals surface area contributed by atoms with Gasteiger partial charge in [0.25, 0.3) is 11.1 Å². The molecule has 2 aromatic rings. The van der Waals surface area contributed by atoms with Crippen molar-refractivity contribution >= 4 is 52.3 Å². The van der Waals surface area contributed by atoms with Crippen LogP contribution in [0.5, 0.6) is 0 Å². The monoisotopic (exact) mass is 488 g/mol. The molecule has 1 aliphatic heterocycles. The molecule has 2 aliphatic rings. The number of rotatable bonds is 6. The van der Waals surface area contributed by atoms with Crippen molar-refractivity contribution < 1.29 is 29.0 Å². The number of carbonyl (C=O) groups is 4. The summed E-state index contributed by atoms with van der Waals surface area (Å²) in [5.41, 5.74) is 3.63. The third-order valence-electron chi connectivity index (χ3n) is 5.79. The van der Waals surface area contributed by atoms with Crippen molar-refractivity contribution in [3.05, 3.63) is 43.9 Å². The number of aromatic nitrogens is 1. The molecule has 33 heavy (non-hydrogen) atoms. The number of thiophene rings is 1. The van der Waals surface area contributed by atoms with Gasteiger partial charge in [-0.2, -0.15) is 0 Å². The summed E-state index contributed by atoms with van der Waals surface area (Å²) in [4.78, 5) is 51.1. The number of ether oxygens (including phenoxy) is 1. The average molecular weight is 489 g/mol. The van der Waals surface area contributed by atoms with Gasteiger partial charge in [0.15, 0.2) is 0 Å². The maximum Gasteiger partial charge on any atom is 0.339 e. The number of hydrogen-bond donors (Lipinski definition) is 1. The molecule has 1 fully saturated rings. The van der Waals surface area contributed by atoms with Crippen LogP contribution in [0.2, 0.25) is 0 Å². The Hall–Kier alpha value is -2.85. The fraction of sp³-hybridized carbons (Fsp3) is 0.391. The van der Waals surface area contributed by atoms with Crippen LogP contribution in [0.1, 0.15) is 57.5 Å². The number of imide groups is 1. The first-order chi connectivity index (χ1) is 15.7. The first-order valence-electron chi connectivity index (χ1n) is 10.7. The van der Waals surface area contributed by atoms with Crippen LogP contribution in [-0.4, -0.2) is 50.8 Å². The van der Waals surface area contributed by atoms with Gasteiger partial charge in [-0.25, -0.2) is 4.79 Å². The van der Waals surface area contributed by atoms with Gasteiger partial charge in [0, 0.05) is 16.3 Å². The predicted molar refractivity (Wildman–Crippen MR) is 126 cm³/mol. The normalized spacial score (nSPS) is 17.1. The number of hydrogen-bond acceptors (Lipinski definition) is 7. The van der Waals surface area contributed by atoms with Crippen LogP contribution >= 0.6 is 23.1 Å². The highest BCUT2D eigenvalue weighted by atomic mass is 32.2. The SMILES string of the molecule is CCOC(=O)CN1C(=O)SC(=Cc2cc(C)n(-c3sc4c(c3C(=O)O)CCCC4)c2C)C1=O. The van der Waals surface area contributed by atoms with Gasteiger partial charge < -0.3 is 14.4 Å². The number of aryl methyl sites for hydroxylation is 2. The van der Waals surface area contributed by atoms with Crippen molar-refractivity contribution in [3.8, 4) is 5.00 Å². The van der Waals surface area contributed by atoms with Crippen LogP contribution in [0.4, 0.5) is 4.79 Å². The number of carboxylic acids is 1. The number of nitrogens with zero attached hydrogens (tertiary/aromatic N) is 2. The Balaban J connectivity index is 1.70. The number of esters is 1. The summed E-state index contributed by atoms with van der Waals surface area (Å²) in [5, 5.41) is 10.1. The van der Waals surface area contributed by atoms with E-state index in [1.165, 1.54) is 11.3 Å². The molecule has 0 saturated carbocycles. The van der Waals surface area contributed by atoms with E-state index in [9.17, 15) is 24.3 Å².